The summed E-state index contributed by atoms with van der Waals surface area (Å²) in [5.74, 6) is 0. The van der Waals surface area contributed by atoms with Crippen LogP contribution in [0.3, 0.4) is 0 Å². The predicted octanol–water partition coefficient (Wildman–Crippen LogP) is 2.31. The zero-order chi connectivity index (χ0) is 10.4. The van der Waals surface area contributed by atoms with Crippen molar-refractivity contribution in [2.45, 2.75) is 20.1 Å². The van der Waals surface area contributed by atoms with Crippen LogP contribution >= 0.6 is 15.9 Å². The molecule has 0 aliphatic heterocycles. The van der Waals surface area contributed by atoms with Crippen molar-refractivity contribution < 1.29 is 9.47 Å². The van der Waals surface area contributed by atoms with Gasteiger partial charge in [0.2, 0.25) is 6.29 Å². The minimum atomic E-state index is -0.414. The number of ether oxygens (including phenoxy) is 2. The summed E-state index contributed by atoms with van der Waals surface area (Å²) in [6, 6.07) is 0. The molecule has 1 aromatic heterocycles. The fourth-order valence-electron chi connectivity index (χ4n) is 1.00. The molecule has 1 heterocycles. The van der Waals surface area contributed by atoms with Gasteiger partial charge in [-0.3, -0.25) is 0 Å². The molecule has 5 heteroatoms. The molecule has 0 saturated heterocycles. The second kappa shape index (κ2) is 6.06. The summed E-state index contributed by atoms with van der Waals surface area (Å²) in [6.07, 6.45) is 2.74. The first-order valence-electron chi connectivity index (χ1n) is 4.48. The predicted molar refractivity (Wildman–Crippen MR) is 55.7 cm³/mol. The summed E-state index contributed by atoms with van der Waals surface area (Å²) < 4.78 is 11.6. The Hall–Kier alpha value is -0.520. The number of hydrogen-bond acceptors (Lipinski definition) is 4. The number of aromatic nitrogens is 2. The number of hydrogen-bond donors (Lipinski definition) is 0. The molecule has 0 N–H and O–H groups in total. The highest BCUT2D eigenvalue weighted by molar-refractivity contribution is 9.10. The van der Waals surface area contributed by atoms with Crippen LogP contribution in [0, 0.1) is 0 Å². The average Bonchev–Trinajstić information content (AvgIpc) is 2.18. The van der Waals surface area contributed by atoms with E-state index in [2.05, 4.69) is 25.9 Å². The molecule has 0 amide bonds. The maximum atomic E-state index is 5.41. The van der Waals surface area contributed by atoms with E-state index in [4.69, 9.17) is 9.47 Å². The second-order valence-corrected chi connectivity index (χ2v) is 3.35. The summed E-state index contributed by atoms with van der Waals surface area (Å²) in [5, 5.41) is 0. The van der Waals surface area contributed by atoms with Crippen molar-refractivity contribution in [2.75, 3.05) is 13.2 Å². The minimum absolute atomic E-state index is 0.414. The standard InChI is InChI=1S/C9H13BrN2O2/c1-3-13-9(14-4-2)8-7(10)5-11-6-12-8/h5-6,9H,3-4H2,1-2H3. The van der Waals surface area contributed by atoms with E-state index in [-0.39, 0.29) is 0 Å². The van der Waals surface area contributed by atoms with Crippen molar-refractivity contribution in [1.29, 1.82) is 0 Å². The second-order valence-electron chi connectivity index (χ2n) is 2.50. The maximum Gasteiger partial charge on any atom is 0.202 e. The van der Waals surface area contributed by atoms with E-state index in [0.29, 0.717) is 13.2 Å². The molecule has 0 atom stereocenters. The van der Waals surface area contributed by atoms with Crippen LogP contribution in [0.25, 0.3) is 0 Å². The van der Waals surface area contributed by atoms with Crippen molar-refractivity contribution >= 4 is 15.9 Å². The van der Waals surface area contributed by atoms with Gasteiger partial charge in [-0.05, 0) is 29.8 Å². The first-order chi connectivity index (χ1) is 6.79. The van der Waals surface area contributed by atoms with Crippen LogP contribution in [0.2, 0.25) is 0 Å². The lowest BCUT2D eigenvalue weighted by Crippen LogP contribution is -2.11. The highest BCUT2D eigenvalue weighted by atomic mass is 79.9. The maximum absolute atomic E-state index is 5.41. The molecule has 0 spiro atoms. The zero-order valence-corrected chi connectivity index (χ0v) is 9.82. The quantitative estimate of drug-likeness (QED) is 0.763. The van der Waals surface area contributed by atoms with E-state index in [0.717, 1.165) is 10.2 Å². The Kier molecular flexibility index (Phi) is 5.00. The van der Waals surface area contributed by atoms with Crippen LogP contribution in [0.5, 0.6) is 0 Å². The fraction of sp³-hybridized carbons (Fsp3) is 0.556. The van der Waals surface area contributed by atoms with E-state index in [1.807, 2.05) is 13.8 Å². The highest BCUT2D eigenvalue weighted by Gasteiger charge is 2.15. The van der Waals surface area contributed by atoms with Gasteiger partial charge in [-0.15, -0.1) is 0 Å². The molecule has 1 rings (SSSR count). The molecule has 0 unspecified atom stereocenters. The topological polar surface area (TPSA) is 44.2 Å². The molecular weight excluding hydrogens is 248 g/mol. The Bertz CT molecular complexity index is 277. The van der Waals surface area contributed by atoms with E-state index in [1.54, 1.807) is 6.20 Å². The third-order valence-electron chi connectivity index (χ3n) is 1.56. The van der Waals surface area contributed by atoms with Crippen LogP contribution in [0.15, 0.2) is 17.0 Å². The van der Waals surface area contributed by atoms with Gasteiger partial charge < -0.3 is 9.47 Å². The SMILES string of the molecule is CCOC(OCC)c1ncncc1Br. The fourth-order valence-corrected chi connectivity index (χ4v) is 1.41. The van der Waals surface area contributed by atoms with Gasteiger partial charge >= 0.3 is 0 Å². The van der Waals surface area contributed by atoms with Crippen LogP contribution in [0.1, 0.15) is 25.8 Å². The molecular formula is C9H13BrN2O2. The smallest absolute Gasteiger partial charge is 0.202 e. The number of halogens is 1. The van der Waals surface area contributed by atoms with Gasteiger partial charge in [0, 0.05) is 19.4 Å². The Morgan fingerprint density at radius 1 is 1.36 bits per heavy atom. The first-order valence-corrected chi connectivity index (χ1v) is 5.27. The summed E-state index contributed by atoms with van der Waals surface area (Å²) in [4.78, 5) is 7.99. The minimum Gasteiger partial charge on any atom is -0.347 e. The third-order valence-corrected chi connectivity index (χ3v) is 2.17. The molecule has 14 heavy (non-hydrogen) atoms. The molecule has 78 valence electrons. The zero-order valence-electron chi connectivity index (χ0n) is 8.24. The lowest BCUT2D eigenvalue weighted by Gasteiger charge is -2.16. The molecule has 4 nitrogen and oxygen atoms in total. The molecule has 1 aromatic rings. The lowest BCUT2D eigenvalue weighted by atomic mass is 10.4. The monoisotopic (exact) mass is 260 g/mol. The van der Waals surface area contributed by atoms with Gasteiger partial charge in [0.15, 0.2) is 0 Å². The molecule has 0 bridgehead atoms. The molecule has 0 radical (unpaired) electrons. The Morgan fingerprint density at radius 2 is 2.00 bits per heavy atom. The van der Waals surface area contributed by atoms with Gasteiger partial charge in [0.05, 0.1) is 4.47 Å². The lowest BCUT2D eigenvalue weighted by molar-refractivity contribution is -0.143. The molecule has 0 fully saturated rings. The van der Waals surface area contributed by atoms with Gasteiger partial charge in [-0.2, -0.15) is 0 Å². The van der Waals surface area contributed by atoms with E-state index < -0.39 is 6.29 Å². The summed E-state index contributed by atoms with van der Waals surface area (Å²) in [5.41, 5.74) is 0.726. The normalized spacial score (nSPS) is 10.9. The largest absolute Gasteiger partial charge is 0.347 e. The summed E-state index contributed by atoms with van der Waals surface area (Å²) >= 11 is 3.35. The number of nitrogens with zero attached hydrogens (tertiary/aromatic N) is 2. The molecule has 0 aliphatic carbocycles. The Balaban J connectivity index is 2.81. The van der Waals surface area contributed by atoms with E-state index >= 15 is 0 Å². The summed E-state index contributed by atoms with van der Waals surface area (Å²) in [7, 11) is 0. The first kappa shape index (κ1) is 11.6. The highest BCUT2D eigenvalue weighted by Crippen LogP contribution is 2.23. The van der Waals surface area contributed by atoms with Crippen molar-refractivity contribution in [1.82, 2.24) is 9.97 Å². The summed E-state index contributed by atoms with van der Waals surface area (Å²) in [6.45, 7) is 5.00. The van der Waals surface area contributed by atoms with Crippen LogP contribution in [-0.4, -0.2) is 23.2 Å². The van der Waals surface area contributed by atoms with Gasteiger partial charge in [0.1, 0.15) is 12.0 Å². The Labute approximate surface area is 91.8 Å². The van der Waals surface area contributed by atoms with Crippen LogP contribution in [0.4, 0.5) is 0 Å². The molecule has 0 aromatic carbocycles. The van der Waals surface area contributed by atoms with Gasteiger partial charge in [0.25, 0.3) is 0 Å². The van der Waals surface area contributed by atoms with Crippen molar-refractivity contribution in [3.8, 4) is 0 Å². The third kappa shape index (κ3) is 3.01. The van der Waals surface area contributed by atoms with Crippen LogP contribution < -0.4 is 0 Å². The van der Waals surface area contributed by atoms with Crippen molar-refractivity contribution in [2.24, 2.45) is 0 Å². The van der Waals surface area contributed by atoms with E-state index in [9.17, 15) is 0 Å². The molecule has 0 aliphatic rings. The van der Waals surface area contributed by atoms with Crippen molar-refractivity contribution in [3.63, 3.8) is 0 Å². The van der Waals surface area contributed by atoms with Gasteiger partial charge in [-0.25, -0.2) is 9.97 Å². The molecule has 0 saturated carbocycles. The van der Waals surface area contributed by atoms with E-state index in [1.165, 1.54) is 6.33 Å². The Morgan fingerprint density at radius 3 is 2.50 bits per heavy atom. The van der Waals surface area contributed by atoms with Crippen LogP contribution in [-0.2, 0) is 9.47 Å². The average molecular weight is 261 g/mol. The van der Waals surface area contributed by atoms with Gasteiger partial charge in [-0.1, -0.05) is 0 Å². The number of rotatable bonds is 5. The van der Waals surface area contributed by atoms with Crippen molar-refractivity contribution in [3.05, 3.63) is 22.7 Å².